The second kappa shape index (κ2) is 9.83. The van der Waals surface area contributed by atoms with Crippen LogP contribution in [0.15, 0.2) is 86.2 Å². The van der Waals surface area contributed by atoms with Crippen LogP contribution in [0.25, 0.3) is 21.9 Å². The molecule has 0 aliphatic heterocycles. The Kier molecular flexibility index (Phi) is 6.95. The summed E-state index contributed by atoms with van der Waals surface area (Å²) in [5, 5.41) is 11.6. The number of phenols is 1. The van der Waals surface area contributed by atoms with E-state index in [9.17, 15) is 14.7 Å². The van der Waals surface area contributed by atoms with E-state index in [0.717, 1.165) is 21.9 Å². The molecule has 0 fully saturated rings. The smallest absolute Gasteiger partial charge is 0.336 e. The molecule has 0 radical (unpaired) electrons. The van der Waals surface area contributed by atoms with Crippen LogP contribution in [0.2, 0.25) is 0 Å². The van der Waals surface area contributed by atoms with Gasteiger partial charge < -0.3 is 18.7 Å². The highest BCUT2D eigenvalue weighted by Gasteiger charge is 2.11. The van der Waals surface area contributed by atoms with E-state index < -0.39 is 5.63 Å². The Labute approximate surface area is 184 Å². The van der Waals surface area contributed by atoms with Crippen molar-refractivity contribution in [2.75, 3.05) is 6.61 Å². The summed E-state index contributed by atoms with van der Waals surface area (Å²) in [4.78, 5) is 22.3. The van der Waals surface area contributed by atoms with E-state index in [4.69, 9.17) is 13.6 Å². The molecule has 0 bridgehead atoms. The molecule has 2 heterocycles. The first-order chi connectivity index (χ1) is 15.3. The number of aryl methyl sites for hydroxylation is 2. The lowest BCUT2D eigenvalue weighted by molar-refractivity contribution is 0.362. The van der Waals surface area contributed by atoms with Gasteiger partial charge in [-0.15, -0.1) is 6.58 Å². The monoisotopic (exact) mass is 432 g/mol. The van der Waals surface area contributed by atoms with Crippen LogP contribution in [0.1, 0.15) is 16.7 Å². The van der Waals surface area contributed by atoms with Gasteiger partial charge in [-0.1, -0.05) is 18.7 Å². The lowest BCUT2D eigenvalue weighted by Gasteiger charge is -2.07. The molecule has 0 atom stereocenters. The van der Waals surface area contributed by atoms with Crippen molar-refractivity contribution in [3.8, 4) is 11.5 Å². The number of allylic oxidation sites excluding steroid dienone is 1. The molecule has 0 unspecified atom stereocenters. The maximum absolute atomic E-state index is 11.2. The van der Waals surface area contributed by atoms with E-state index in [-0.39, 0.29) is 11.4 Å². The molecule has 164 valence electrons. The molecule has 6 heteroatoms. The molecule has 6 nitrogen and oxygen atoms in total. The van der Waals surface area contributed by atoms with Crippen LogP contribution in [-0.4, -0.2) is 11.7 Å². The maximum atomic E-state index is 11.2. The predicted octanol–water partition coefficient (Wildman–Crippen LogP) is 5.20. The average molecular weight is 432 g/mol. The van der Waals surface area contributed by atoms with Gasteiger partial charge in [0, 0.05) is 34.5 Å². The number of rotatable bonds is 5. The molecule has 4 rings (SSSR count). The summed E-state index contributed by atoms with van der Waals surface area (Å²) >= 11 is 0. The van der Waals surface area contributed by atoms with Crippen molar-refractivity contribution in [3.05, 3.63) is 105 Å². The molecule has 1 N–H and O–H groups in total. The Bertz CT molecular complexity index is 1410. The fourth-order valence-corrected chi connectivity index (χ4v) is 3.34. The summed E-state index contributed by atoms with van der Waals surface area (Å²) in [7, 11) is 0. The first kappa shape index (κ1) is 22.6. The third-order valence-corrected chi connectivity index (χ3v) is 4.83. The van der Waals surface area contributed by atoms with Gasteiger partial charge in [-0.3, -0.25) is 0 Å². The van der Waals surface area contributed by atoms with Gasteiger partial charge in [-0.05, 0) is 55.7 Å². The highest BCUT2D eigenvalue weighted by atomic mass is 16.5. The summed E-state index contributed by atoms with van der Waals surface area (Å²) < 4.78 is 15.6. The van der Waals surface area contributed by atoms with Crippen LogP contribution in [0.3, 0.4) is 0 Å². The van der Waals surface area contributed by atoms with Gasteiger partial charge >= 0.3 is 11.3 Å². The van der Waals surface area contributed by atoms with Gasteiger partial charge in [-0.2, -0.15) is 0 Å². The van der Waals surface area contributed by atoms with Gasteiger partial charge in [0.2, 0.25) is 0 Å². The number of hydrogen-bond acceptors (Lipinski definition) is 6. The Balaban J connectivity index is 0.000000181. The lowest BCUT2D eigenvalue weighted by Crippen LogP contribution is -1.98. The second-order valence-corrected chi connectivity index (χ2v) is 7.19. The number of ether oxygens (including phenoxy) is 1. The zero-order chi connectivity index (χ0) is 23.3. The number of aromatic hydroxyl groups is 1. The molecule has 0 spiro atoms. The van der Waals surface area contributed by atoms with Crippen LogP contribution in [-0.2, 0) is 6.42 Å². The standard InChI is InChI=1S/2C13H12O3/c1-3-6-15-10-7-9(2)11-4-5-13(14)16-12(11)8-10;1-3-4-10-11(14)7-8(2)9-5-6-12(15)16-13(9)10/h3-5,7-8H,1,6H2,2H3;3,5-7,14H,1,4H2,2H3. The predicted molar refractivity (Wildman–Crippen MR) is 126 cm³/mol. The SMILES string of the molecule is C=CCOc1cc(C)c2ccc(=O)oc2c1.C=CCc1c(O)cc(C)c2ccc(=O)oc12. The minimum atomic E-state index is -0.414. The van der Waals surface area contributed by atoms with Crippen LogP contribution in [0.4, 0.5) is 0 Å². The van der Waals surface area contributed by atoms with Crippen molar-refractivity contribution in [1.82, 2.24) is 0 Å². The fraction of sp³-hybridized carbons (Fsp3) is 0.154. The van der Waals surface area contributed by atoms with Crippen molar-refractivity contribution in [1.29, 1.82) is 0 Å². The summed E-state index contributed by atoms with van der Waals surface area (Å²) in [5.41, 5.74) is 2.73. The highest BCUT2D eigenvalue weighted by Crippen LogP contribution is 2.30. The number of phenolic OH excluding ortho intramolecular Hbond substituents is 1. The molecule has 2 aromatic heterocycles. The molecular weight excluding hydrogens is 408 g/mol. The summed E-state index contributed by atoms with van der Waals surface area (Å²) in [6.45, 7) is 11.4. The quantitative estimate of drug-likeness (QED) is 0.344. The molecule has 0 amide bonds. The molecular formula is C26H24O6. The van der Waals surface area contributed by atoms with Crippen molar-refractivity contribution < 1.29 is 18.7 Å². The van der Waals surface area contributed by atoms with Crippen LogP contribution >= 0.6 is 0 Å². The topological polar surface area (TPSA) is 89.9 Å². The second-order valence-electron chi connectivity index (χ2n) is 7.19. The Morgan fingerprint density at radius 3 is 2.25 bits per heavy atom. The largest absolute Gasteiger partial charge is 0.508 e. The molecule has 4 aromatic rings. The summed E-state index contributed by atoms with van der Waals surface area (Å²) in [6.07, 6.45) is 3.80. The third-order valence-electron chi connectivity index (χ3n) is 4.83. The first-order valence-corrected chi connectivity index (χ1v) is 9.98. The van der Waals surface area contributed by atoms with E-state index in [1.807, 2.05) is 19.9 Å². The Morgan fingerprint density at radius 1 is 0.906 bits per heavy atom. The van der Waals surface area contributed by atoms with E-state index in [1.54, 1.807) is 36.4 Å². The molecule has 32 heavy (non-hydrogen) atoms. The maximum Gasteiger partial charge on any atom is 0.336 e. The van der Waals surface area contributed by atoms with Gasteiger partial charge in [-0.25, -0.2) is 9.59 Å². The van der Waals surface area contributed by atoms with Crippen molar-refractivity contribution in [3.63, 3.8) is 0 Å². The minimum absolute atomic E-state index is 0.138. The third kappa shape index (κ3) is 4.98. The first-order valence-electron chi connectivity index (χ1n) is 9.98. The summed E-state index contributed by atoms with van der Waals surface area (Å²) in [5.74, 6) is 0.818. The van der Waals surface area contributed by atoms with E-state index in [2.05, 4.69) is 13.2 Å². The molecule has 0 saturated carbocycles. The lowest BCUT2D eigenvalue weighted by atomic mass is 10.0. The Hall–Kier alpha value is -4.06. The Morgan fingerprint density at radius 2 is 1.56 bits per heavy atom. The molecule has 0 saturated heterocycles. The van der Waals surface area contributed by atoms with Crippen LogP contribution < -0.4 is 16.0 Å². The highest BCUT2D eigenvalue weighted by molar-refractivity contribution is 5.85. The molecule has 0 aliphatic rings. The molecule has 0 aliphatic carbocycles. The average Bonchev–Trinajstić information content (AvgIpc) is 2.75. The fourth-order valence-electron chi connectivity index (χ4n) is 3.34. The van der Waals surface area contributed by atoms with Crippen molar-refractivity contribution >= 4 is 21.9 Å². The number of hydrogen-bond donors (Lipinski definition) is 1. The van der Waals surface area contributed by atoms with Crippen molar-refractivity contribution in [2.24, 2.45) is 0 Å². The molecule has 2 aromatic carbocycles. The summed E-state index contributed by atoms with van der Waals surface area (Å²) in [6, 6.07) is 11.6. The zero-order valence-electron chi connectivity index (χ0n) is 18.0. The van der Waals surface area contributed by atoms with Crippen LogP contribution in [0, 0.1) is 13.8 Å². The van der Waals surface area contributed by atoms with Crippen LogP contribution in [0.5, 0.6) is 11.5 Å². The minimum Gasteiger partial charge on any atom is -0.508 e. The van der Waals surface area contributed by atoms with Gasteiger partial charge in [0.05, 0.1) is 0 Å². The van der Waals surface area contributed by atoms with Crippen molar-refractivity contribution in [2.45, 2.75) is 20.3 Å². The number of benzene rings is 2. The van der Waals surface area contributed by atoms with E-state index in [0.29, 0.717) is 35.5 Å². The normalized spacial score (nSPS) is 10.4. The number of fused-ring (bicyclic) bond motifs is 2. The van der Waals surface area contributed by atoms with E-state index in [1.165, 1.54) is 12.1 Å². The zero-order valence-corrected chi connectivity index (χ0v) is 18.0. The van der Waals surface area contributed by atoms with Gasteiger partial charge in [0.1, 0.15) is 29.3 Å². The van der Waals surface area contributed by atoms with Gasteiger partial charge in [0.15, 0.2) is 0 Å². The van der Waals surface area contributed by atoms with Gasteiger partial charge in [0.25, 0.3) is 0 Å². The van der Waals surface area contributed by atoms with E-state index >= 15 is 0 Å².